The topological polar surface area (TPSA) is 46.6 Å². The Balaban J connectivity index is 1.94. The van der Waals surface area contributed by atoms with Gasteiger partial charge in [-0.1, -0.05) is 50.1 Å². The highest BCUT2D eigenvalue weighted by atomic mass is 16.6. The maximum atomic E-state index is 12.7. The lowest BCUT2D eigenvalue weighted by Crippen LogP contribution is -2.41. The van der Waals surface area contributed by atoms with Gasteiger partial charge in [-0.3, -0.25) is 0 Å². The van der Waals surface area contributed by atoms with E-state index < -0.39 is 0 Å². The number of likely N-dealkylation sites (tertiary alicyclic amines) is 1. The van der Waals surface area contributed by atoms with Crippen molar-refractivity contribution in [3.05, 3.63) is 35.9 Å². The summed E-state index contributed by atoms with van der Waals surface area (Å²) in [6.07, 6.45) is 7.52. The summed E-state index contributed by atoms with van der Waals surface area (Å²) >= 11 is 0. The van der Waals surface area contributed by atoms with Crippen molar-refractivity contribution in [1.29, 1.82) is 0 Å². The number of Topliss-reactive ketones (excluding diaryl/α,β-unsaturated/α-hetero) is 1. The molecule has 1 aliphatic heterocycles. The molecule has 1 fully saturated rings. The molecule has 1 amide bonds. The van der Waals surface area contributed by atoms with Gasteiger partial charge in [0, 0.05) is 18.5 Å². The first-order chi connectivity index (χ1) is 12.1. The van der Waals surface area contributed by atoms with Crippen LogP contribution in [0, 0.1) is 0 Å². The predicted molar refractivity (Wildman–Crippen MR) is 99.3 cm³/mol. The molecule has 138 valence electrons. The van der Waals surface area contributed by atoms with Gasteiger partial charge in [-0.15, -0.1) is 0 Å². The second-order valence-corrected chi connectivity index (χ2v) is 7.07. The Morgan fingerprint density at radius 2 is 1.72 bits per heavy atom. The monoisotopic (exact) mass is 345 g/mol. The van der Waals surface area contributed by atoms with Gasteiger partial charge in [-0.25, -0.2) is 4.79 Å². The third-order valence-corrected chi connectivity index (χ3v) is 4.99. The van der Waals surface area contributed by atoms with E-state index in [1.54, 1.807) is 6.92 Å². The standard InChI is InChI=1S/C21H31NO3/c1-3-4-12-19-14-15-20(13-8-9-17(2)23)22(19)21(24)25-16-18-10-6-5-7-11-18/h5-7,10-11,19-20H,3-4,8-9,12-16H2,1-2H3/t19-,20-/m1/s1. The van der Waals surface area contributed by atoms with E-state index in [0.29, 0.717) is 13.0 Å². The van der Waals surface area contributed by atoms with Gasteiger partial charge in [0.25, 0.3) is 0 Å². The molecule has 0 N–H and O–H groups in total. The zero-order valence-electron chi connectivity index (χ0n) is 15.6. The number of hydrogen-bond donors (Lipinski definition) is 0. The van der Waals surface area contributed by atoms with Crippen LogP contribution in [0.15, 0.2) is 30.3 Å². The van der Waals surface area contributed by atoms with Gasteiger partial charge in [0.05, 0.1) is 0 Å². The molecule has 2 atom stereocenters. The molecular formula is C21H31NO3. The number of amides is 1. The predicted octanol–water partition coefficient (Wildman–Crippen LogP) is 5.11. The first-order valence-electron chi connectivity index (χ1n) is 9.60. The Kier molecular flexibility index (Phi) is 7.96. The molecule has 4 heteroatoms. The third kappa shape index (κ3) is 6.18. The molecule has 1 heterocycles. The lowest BCUT2D eigenvalue weighted by Gasteiger charge is -2.30. The van der Waals surface area contributed by atoms with Crippen molar-refractivity contribution in [1.82, 2.24) is 4.90 Å². The summed E-state index contributed by atoms with van der Waals surface area (Å²) in [6.45, 7) is 4.12. The third-order valence-electron chi connectivity index (χ3n) is 4.99. The molecule has 1 aromatic rings. The van der Waals surface area contributed by atoms with Gasteiger partial charge < -0.3 is 14.4 Å². The quantitative estimate of drug-likeness (QED) is 0.625. The molecular weight excluding hydrogens is 314 g/mol. The molecule has 0 radical (unpaired) electrons. The number of carbonyl (C=O) groups excluding carboxylic acids is 2. The second-order valence-electron chi connectivity index (χ2n) is 7.07. The Morgan fingerprint density at radius 1 is 1.08 bits per heavy atom. The molecule has 4 nitrogen and oxygen atoms in total. The maximum Gasteiger partial charge on any atom is 0.410 e. The Labute approximate surface area is 151 Å². The second kappa shape index (κ2) is 10.2. The van der Waals surface area contributed by atoms with E-state index in [4.69, 9.17) is 4.74 Å². The lowest BCUT2D eigenvalue weighted by molar-refractivity contribution is -0.117. The smallest absolute Gasteiger partial charge is 0.410 e. The minimum absolute atomic E-state index is 0.199. The number of rotatable bonds is 9. The summed E-state index contributed by atoms with van der Waals surface area (Å²) in [7, 11) is 0. The molecule has 25 heavy (non-hydrogen) atoms. The van der Waals surface area contributed by atoms with E-state index in [0.717, 1.165) is 50.5 Å². The van der Waals surface area contributed by atoms with Crippen LogP contribution in [0.5, 0.6) is 0 Å². The summed E-state index contributed by atoms with van der Waals surface area (Å²) in [4.78, 5) is 25.9. The summed E-state index contributed by atoms with van der Waals surface area (Å²) < 4.78 is 5.60. The molecule has 0 unspecified atom stereocenters. The normalized spacial score (nSPS) is 19.8. The van der Waals surface area contributed by atoms with Crippen LogP contribution in [0.1, 0.15) is 70.8 Å². The van der Waals surface area contributed by atoms with Crippen LogP contribution in [0.2, 0.25) is 0 Å². The average Bonchev–Trinajstić information content (AvgIpc) is 3.01. The van der Waals surface area contributed by atoms with Gasteiger partial charge in [0.1, 0.15) is 12.4 Å². The summed E-state index contributed by atoms with van der Waals surface area (Å²) in [5.74, 6) is 0.221. The molecule has 0 spiro atoms. The Morgan fingerprint density at radius 3 is 2.32 bits per heavy atom. The zero-order valence-corrected chi connectivity index (χ0v) is 15.6. The fourth-order valence-electron chi connectivity index (χ4n) is 3.65. The lowest BCUT2D eigenvalue weighted by atomic mass is 10.1. The molecule has 0 aliphatic carbocycles. The highest BCUT2D eigenvalue weighted by Crippen LogP contribution is 2.31. The first kappa shape index (κ1) is 19.5. The van der Waals surface area contributed by atoms with Gasteiger partial charge in [0.2, 0.25) is 0 Å². The van der Waals surface area contributed by atoms with Gasteiger partial charge in [-0.2, -0.15) is 0 Å². The van der Waals surface area contributed by atoms with Crippen molar-refractivity contribution >= 4 is 11.9 Å². The van der Waals surface area contributed by atoms with Crippen LogP contribution < -0.4 is 0 Å². The van der Waals surface area contributed by atoms with Crippen molar-refractivity contribution in [2.24, 2.45) is 0 Å². The number of benzene rings is 1. The average molecular weight is 345 g/mol. The Bertz CT molecular complexity index is 543. The van der Waals surface area contributed by atoms with Crippen molar-refractivity contribution < 1.29 is 14.3 Å². The highest BCUT2D eigenvalue weighted by Gasteiger charge is 2.37. The van der Waals surface area contributed by atoms with Crippen molar-refractivity contribution in [2.75, 3.05) is 0 Å². The van der Waals surface area contributed by atoms with E-state index in [9.17, 15) is 9.59 Å². The van der Waals surface area contributed by atoms with E-state index in [2.05, 4.69) is 6.92 Å². The zero-order chi connectivity index (χ0) is 18.1. The molecule has 0 bridgehead atoms. The molecule has 2 rings (SSSR count). The molecule has 1 saturated heterocycles. The minimum Gasteiger partial charge on any atom is -0.445 e. The number of unbranched alkanes of at least 4 members (excludes halogenated alkanes) is 1. The van der Waals surface area contributed by atoms with E-state index in [1.165, 1.54) is 0 Å². The number of ether oxygens (including phenoxy) is 1. The van der Waals surface area contributed by atoms with Crippen molar-refractivity contribution in [2.45, 2.75) is 83.9 Å². The first-order valence-corrected chi connectivity index (χ1v) is 9.60. The van der Waals surface area contributed by atoms with Gasteiger partial charge in [-0.05, 0) is 44.6 Å². The highest BCUT2D eigenvalue weighted by molar-refractivity contribution is 5.75. The van der Waals surface area contributed by atoms with E-state index in [1.807, 2.05) is 35.2 Å². The molecule has 0 aromatic heterocycles. The molecule has 0 saturated carbocycles. The van der Waals surface area contributed by atoms with Crippen LogP contribution in [0.25, 0.3) is 0 Å². The largest absolute Gasteiger partial charge is 0.445 e. The minimum atomic E-state index is -0.199. The van der Waals surface area contributed by atoms with Crippen molar-refractivity contribution in [3.63, 3.8) is 0 Å². The summed E-state index contributed by atoms with van der Waals surface area (Å²) in [5.41, 5.74) is 1.01. The summed E-state index contributed by atoms with van der Waals surface area (Å²) in [6, 6.07) is 10.3. The maximum absolute atomic E-state index is 12.7. The number of carbonyl (C=O) groups is 2. The molecule has 1 aromatic carbocycles. The SMILES string of the molecule is CCCC[C@@H]1CC[C@@H](CCCC(C)=O)N1C(=O)OCc1ccccc1. The van der Waals surface area contributed by atoms with Crippen LogP contribution in [0.4, 0.5) is 4.79 Å². The van der Waals surface area contributed by atoms with Crippen molar-refractivity contribution in [3.8, 4) is 0 Å². The number of nitrogens with zero attached hydrogens (tertiary/aromatic N) is 1. The van der Waals surface area contributed by atoms with Crippen LogP contribution >= 0.6 is 0 Å². The molecule has 1 aliphatic rings. The van der Waals surface area contributed by atoms with Crippen LogP contribution in [-0.2, 0) is 16.1 Å². The number of ketones is 1. The van der Waals surface area contributed by atoms with E-state index in [-0.39, 0.29) is 24.0 Å². The Hall–Kier alpha value is -1.84. The van der Waals surface area contributed by atoms with Crippen LogP contribution in [0.3, 0.4) is 0 Å². The van der Waals surface area contributed by atoms with Gasteiger partial charge in [0.15, 0.2) is 0 Å². The van der Waals surface area contributed by atoms with E-state index >= 15 is 0 Å². The van der Waals surface area contributed by atoms with Gasteiger partial charge >= 0.3 is 6.09 Å². The van der Waals surface area contributed by atoms with Crippen LogP contribution in [-0.4, -0.2) is 28.9 Å². The fourth-order valence-corrected chi connectivity index (χ4v) is 3.65. The number of hydrogen-bond acceptors (Lipinski definition) is 3. The summed E-state index contributed by atoms with van der Waals surface area (Å²) in [5, 5.41) is 0. The fraction of sp³-hybridized carbons (Fsp3) is 0.619.